The molecule has 0 unspecified atom stereocenters. The Morgan fingerprint density at radius 1 is 1.36 bits per heavy atom. The molecular formula is C10H11ClO2Si. The zero-order valence-corrected chi connectivity index (χ0v) is 9.99. The first-order valence-corrected chi connectivity index (χ1v) is 7.66. The Morgan fingerprint density at radius 2 is 2.14 bits per heavy atom. The van der Waals surface area contributed by atoms with Gasteiger partial charge >= 0.3 is 0 Å². The van der Waals surface area contributed by atoms with E-state index in [0.29, 0.717) is 5.02 Å². The van der Waals surface area contributed by atoms with Crippen LogP contribution < -0.4 is 4.43 Å². The first kappa shape index (κ1) is 9.62. The van der Waals surface area contributed by atoms with Crippen molar-refractivity contribution in [2.45, 2.75) is 13.1 Å². The molecule has 0 N–H and O–H groups in total. The monoisotopic (exact) mass is 226 g/mol. The van der Waals surface area contributed by atoms with E-state index in [1.165, 1.54) is 0 Å². The average molecular weight is 227 g/mol. The molecule has 0 radical (unpaired) electrons. The summed E-state index contributed by atoms with van der Waals surface area (Å²) >= 11 is 6.03. The summed E-state index contributed by atoms with van der Waals surface area (Å²) in [6.07, 6.45) is 1.63. The van der Waals surface area contributed by atoms with Crippen LogP contribution in [0.4, 0.5) is 0 Å². The van der Waals surface area contributed by atoms with Crippen LogP contribution in [0.1, 0.15) is 0 Å². The lowest BCUT2D eigenvalue weighted by Crippen LogP contribution is -2.10. The maximum Gasteiger partial charge on any atom is 0.229 e. The SMILES string of the molecule is C[SiH](C)Oc1cc(Cl)c2occc2c1. The van der Waals surface area contributed by atoms with E-state index in [2.05, 4.69) is 13.1 Å². The van der Waals surface area contributed by atoms with Gasteiger partial charge in [0.05, 0.1) is 11.3 Å². The molecule has 1 aromatic carbocycles. The van der Waals surface area contributed by atoms with E-state index >= 15 is 0 Å². The highest BCUT2D eigenvalue weighted by Gasteiger charge is 2.07. The van der Waals surface area contributed by atoms with Crippen molar-refractivity contribution in [3.05, 3.63) is 29.5 Å². The highest BCUT2D eigenvalue weighted by Crippen LogP contribution is 2.29. The number of furan rings is 1. The van der Waals surface area contributed by atoms with Gasteiger partial charge < -0.3 is 8.84 Å². The lowest BCUT2D eigenvalue weighted by atomic mass is 10.2. The Kier molecular flexibility index (Phi) is 2.52. The van der Waals surface area contributed by atoms with Crippen LogP contribution in [-0.4, -0.2) is 9.04 Å². The molecule has 0 aliphatic heterocycles. The zero-order chi connectivity index (χ0) is 10.1. The average Bonchev–Trinajstić information content (AvgIpc) is 2.50. The van der Waals surface area contributed by atoms with Crippen molar-refractivity contribution in [1.29, 1.82) is 0 Å². The maximum absolute atomic E-state index is 6.03. The van der Waals surface area contributed by atoms with Crippen LogP contribution in [0.3, 0.4) is 0 Å². The largest absolute Gasteiger partial charge is 0.547 e. The van der Waals surface area contributed by atoms with Gasteiger partial charge in [0.15, 0.2) is 5.58 Å². The summed E-state index contributed by atoms with van der Waals surface area (Å²) in [6, 6.07) is 5.65. The van der Waals surface area contributed by atoms with Crippen molar-refractivity contribution in [3.8, 4) is 5.75 Å². The zero-order valence-electron chi connectivity index (χ0n) is 8.08. The smallest absolute Gasteiger partial charge is 0.229 e. The summed E-state index contributed by atoms with van der Waals surface area (Å²) in [5.74, 6) is 0.838. The molecule has 0 fully saturated rings. The highest BCUT2D eigenvalue weighted by molar-refractivity contribution is 6.49. The summed E-state index contributed by atoms with van der Waals surface area (Å²) in [7, 11) is -1.07. The van der Waals surface area contributed by atoms with E-state index in [1.54, 1.807) is 12.3 Å². The molecule has 0 amide bonds. The van der Waals surface area contributed by atoms with E-state index in [0.717, 1.165) is 16.7 Å². The van der Waals surface area contributed by atoms with Gasteiger partial charge in [-0.15, -0.1) is 0 Å². The standard InChI is InChI=1S/C10H11ClO2Si/c1-14(2)13-8-5-7-3-4-12-10(7)9(11)6-8/h3-6,14H,1-2H3. The molecule has 2 aromatic rings. The van der Waals surface area contributed by atoms with Crippen LogP contribution in [0, 0.1) is 0 Å². The second-order valence-corrected chi connectivity index (χ2v) is 6.15. The quantitative estimate of drug-likeness (QED) is 0.732. The first-order valence-electron chi connectivity index (χ1n) is 4.50. The minimum atomic E-state index is -1.07. The fraction of sp³-hybridized carbons (Fsp3) is 0.200. The Hall–Kier alpha value is -0.933. The third-order valence-corrected chi connectivity index (χ3v) is 2.88. The number of hydrogen-bond acceptors (Lipinski definition) is 2. The van der Waals surface area contributed by atoms with Crippen molar-refractivity contribution in [2.75, 3.05) is 0 Å². The van der Waals surface area contributed by atoms with E-state index < -0.39 is 9.04 Å². The normalized spacial score (nSPS) is 11.1. The van der Waals surface area contributed by atoms with Crippen LogP contribution >= 0.6 is 11.6 Å². The number of halogens is 1. The molecule has 74 valence electrons. The topological polar surface area (TPSA) is 22.4 Å². The lowest BCUT2D eigenvalue weighted by molar-refractivity contribution is 0.580. The Labute approximate surface area is 89.2 Å². The van der Waals surface area contributed by atoms with Crippen LogP contribution in [0.25, 0.3) is 11.0 Å². The molecule has 0 atom stereocenters. The first-order chi connectivity index (χ1) is 6.66. The predicted octanol–water partition coefficient (Wildman–Crippen LogP) is 3.45. The molecule has 1 aromatic heterocycles. The third kappa shape index (κ3) is 1.78. The van der Waals surface area contributed by atoms with Crippen LogP contribution in [-0.2, 0) is 0 Å². The molecule has 0 saturated carbocycles. The number of hydrogen-bond donors (Lipinski definition) is 0. The van der Waals surface area contributed by atoms with Gasteiger partial charge in [-0.2, -0.15) is 0 Å². The van der Waals surface area contributed by atoms with Gasteiger partial charge in [0.25, 0.3) is 0 Å². The van der Waals surface area contributed by atoms with Gasteiger partial charge in [-0.1, -0.05) is 11.6 Å². The lowest BCUT2D eigenvalue weighted by Gasteiger charge is -2.09. The number of fused-ring (bicyclic) bond motifs is 1. The van der Waals surface area contributed by atoms with Gasteiger partial charge in [0, 0.05) is 11.5 Å². The molecule has 2 rings (SSSR count). The van der Waals surface area contributed by atoms with Gasteiger partial charge in [0.1, 0.15) is 5.75 Å². The van der Waals surface area contributed by atoms with Gasteiger partial charge in [-0.3, -0.25) is 0 Å². The molecule has 2 nitrogen and oxygen atoms in total. The second-order valence-electron chi connectivity index (χ2n) is 3.41. The van der Waals surface area contributed by atoms with Crippen LogP contribution in [0.15, 0.2) is 28.9 Å². The fourth-order valence-electron chi connectivity index (χ4n) is 1.35. The molecule has 1 heterocycles. The fourth-order valence-corrected chi connectivity index (χ4v) is 2.29. The van der Waals surface area contributed by atoms with E-state index in [-0.39, 0.29) is 0 Å². The summed E-state index contributed by atoms with van der Waals surface area (Å²) < 4.78 is 10.9. The van der Waals surface area contributed by atoms with Crippen molar-refractivity contribution < 1.29 is 8.84 Å². The van der Waals surface area contributed by atoms with Crippen molar-refractivity contribution in [3.63, 3.8) is 0 Å². The predicted molar refractivity (Wildman–Crippen MR) is 60.7 cm³/mol. The Bertz CT molecular complexity index is 450. The van der Waals surface area contributed by atoms with Crippen molar-refractivity contribution >= 4 is 31.6 Å². The third-order valence-electron chi connectivity index (χ3n) is 1.85. The summed E-state index contributed by atoms with van der Waals surface area (Å²) in [5.41, 5.74) is 0.726. The number of rotatable bonds is 2. The summed E-state index contributed by atoms with van der Waals surface area (Å²) in [4.78, 5) is 0. The minimum absolute atomic E-state index is 0.608. The number of benzene rings is 1. The van der Waals surface area contributed by atoms with Gasteiger partial charge in [-0.25, -0.2) is 0 Å². The van der Waals surface area contributed by atoms with Crippen LogP contribution in [0.5, 0.6) is 5.75 Å². The minimum Gasteiger partial charge on any atom is -0.547 e. The van der Waals surface area contributed by atoms with Gasteiger partial charge in [0.2, 0.25) is 9.04 Å². The molecule has 0 saturated heterocycles. The van der Waals surface area contributed by atoms with E-state index in [1.807, 2.05) is 12.1 Å². The van der Waals surface area contributed by atoms with E-state index in [4.69, 9.17) is 20.4 Å². The summed E-state index contributed by atoms with van der Waals surface area (Å²) in [6.45, 7) is 4.24. The van der Waals surface area contributed by atoms with Gasteiger partial charge in [-0.05, 0) is 25.2 Å². The molecular weight excluding hydrogens is 216 g/mol. The van der Waals surface area contributed by atoms with Crippen molar-refractivity contribution in [1.82, 2.24) is 0 Å². The summed E-state index contributed by atoms with van der Waals surface area (Å²) in [5, 5.41) is 1.60. The second kappa shape index (κ2) is 3.67. The van der Waals surface area contributed by atoms with Crippen molar-refractivity contribution in [2.24, 2.45) is 0 Å². The highest BCUT2D eigenvalue weighted by atomic mass is 35.5. The molecule has 0 spiro atoms. The molecule has 0 aliphatic rings. The molecule has 4 heteroatoms. The molecule has 14 heavy (non-hydrogen) atoms. The van der Waals surface area contributed by atoms with Crippen LogP contribution in [0.2, 0.25) is 18.1 Å². The molecule has 0 bridgehead atoms. The Balaban J connectivity index is 2.47. The van der Waals surface area contributed by atoms with E-state index in [9.17, 15) is 0 Å². The molecule has 0 aliphatic carbocycles. The Morgan fingerprint density at radius 3 is 2.86 bits per heavy atom. The maximum atomic E-state index is 6.03.